The van der Waals surface area contributed by atoms with E-state index in [-0.39, 0.29) is 42.4 Å². The average Bonchev–Trinajstić information content (AvgIpc) is 3.52. The third-order valence-corrected chi connectivity index (χ3v) is 7.07. The number of hydrogen-bond donors (Lipinski definition) is 2. The van der Waals surface area contributed by atoms with Crippen LogP contribution in [-0.2, 0) is 15.8 Å². The Morgan fingerprint density at radius 3 is 2.44 bits per heavy atom. The van der Waals surface area contributed by atoms with Gasteiger partial charge in [-0.3, -0.25) is 19.1 Å². The summed E-state index contributed by atoms with van der Waals surface area (Å²) in [5.74, 6) is -5.97. The lowest BCUT2D eigenvalue weighted by atomic mass is 10.0. The van der Waals surface area contributed by atoms with E-state index in [1.54, 1.807) is 0 Å². The zero-order valence-corrected chi connectivity index (χ0v) is 21.0. The lowest BCUT2D eigenvalue weighted by Gasteiger charge is -2.33. The number of aromatic nitrogens is 2. The van der Waals surface area contributed by atoms with Crippen LogP contribution in [0, 0.1) is 0 Å². The van der Waals surface area contributed by atoms with Crippen molar-refractivity contribution in [1.82, 2.24) is 20.0 Å². The SMILES string of the molecule is O=C(O)CC(CC(=O)N1CCCC(F)(F)C1)NC(=O)c1cc(-c2ccccc2C(F)(F)F)n(C2CCCC2)n1. The van der Waals surface area contributed by atoms with E-state index in [0.717, 1.165) is 23.8 Å². The number of amides is 2. The highest BCUT2D eigenvalue weighted by Crippen LogP contribution is 2.40. The van der Waals surface area contributed by atoms with Crippen LogP contribution in [0.5, 0.6) is 0 Å². The van der Waals surface area contributed by atoms with Crippen LogP contribution in [0.3, 0.4) is 0 Å². The number of nitrogens with one attached hydrogen (secondary N) is 1. The molecule has 2 heterocycles. The molecule has 1 saturated heterocycles. The molecule has 13 heteroatoms. The fourth-order valence-corrected chi connectivity index (χ4v) is 5.25. The van der Waals surface area contributed by atoms with Crippen LogP contribution < -0.4 is 5.32 Å². The molecule has 4 rings (SSSR count). The molecule has 2 amide bonds. The summed E-state index contributed by atoms with van der Waals surface area (Å²) in [6.07, 6.45) is -3.06. The first-order valence-corrected chi connectivity index (χ1v) is 12.8. The van der Waals surface area contributed by atoms with Gasteiger partial charge in [0.05, 0.1) is 30.3 Å². The van der Waals surface area contributed by atoms with Crippen molar-refractivity contribution in [3.63, 3.8) is 0 Å². The fourth-order valence-electron chi connectivity index (χ4n) is 5.25. The zero-order chi connectivity index (χ0) is 28.4. The van der Waals surface area contributed by atoms with Crippen molar-refractivity contribution in [1.29, 1.82) is 0 Å². The normalized spacial score (nSPS) is 18.6. The van der Waals surface area contributed by atoms with Crippen LogP contribution in [0.15, 0.2) is 30.3 Å². The van der Waals surface area contributed by atoms with Crippen LogP contribution in [0.4, 0.5) is 22.0 Å². The molecular weight excluding hydrogens is 527 g/mol. The number of halogens is 5. The maximum atomic E-state index is 13.8. The van der Waals surface area contributed by atoms with Gasteiger partial charge in [-0.1, -0.05) is 31.0 Å². The highest BCUT2D eigenvalue weighted by molar-refractivity contribution is 5.94. The smallest absolute Gasteiger partial charge is 0.417 e. The number of nitrogens with zero attached hydrogens (tertiary/aromatic N) is 3. The van der Waals surface area contributed by atoms with Gasteiger partial charge in [-0.25, -0.2) is 8.78 Å². The predicted octanol–water partition coefficient (Wildman–Crippen LogP) is 4.90. The molecule has 0 spiro atoms. The van der Waals surface area contributed by atoms with E-state index in [1.165, 1.54) is 28.9 Å². The van der Waals surface area contributed by atoms with Gasteiger partial charge >= 0.3 is 12.1 Å². The minimum absolute atomic E-state index is 0.0927. The van der Waals surface area contributed by atoms with Crippen molar-refractivity contribution in [2.45, 2.75) is 75.5 Å². The van der Waals surface area contributed by atoms with Crippen molar-refractivity contribution in [2.75, 3.05) is 13.1 Å². The maximum Gasteiger partial charge on any atom is 0.417 e. The van der Waals surface area contributed by atoms with E-state index < -0.39 is 60.9 Å². The molecule has 2 N–H and O–H groups in total. The zero-order valence-electron chi connectivity index (χ0n) is 21.0. The molecule has 1 aliphatic heterocycles. The van der Waals surface area contributed by atoms with Crippen molar-refractivity contribution in [3.8, 4) is 11.3 Å². The Morgan fingerprint density at radius 2 is 1.79 bits per heavy atom. The summed E-state index contributed by atoms with van der Waals surface area (Å²) in [5, 5.41) is 16.0. The first-order chi connectivity index (χ1) is 18.3. The van der Waals surface area contributed by atoms with Crippen molar-refractivity contribution < 1.29 is 41.4 Å². The van der Waals surface area contributed by atoms with E-state index in [0.29, 0.717) is 12.8 Å². The standard InChI is InChI=1S/C26H29F5N4O4/c27-25(28)10-5-11-34(15-25)22(36)12-16(13-23(37)38)32-24(39)20-14-21(35(33-20)17-6-1-2-7-17)18-8-3-4-9-19(18)26(29,30)31/h3-4,8-9,14,16-17H,1-2,5-7,10-13,15H2,(H,32,39)(H,37,38). The lowest BCUT2D eigenvalue weighted by molar-refractivity contribution is -0.143. The van der Waals surface area contributed by atoms with Crippen LogP contribution in [0.1, 0.15) is 73.5 Å². The second kappa shape index (κ2) is 11.3. The molecule has 39 heavy (non-hydrogen) atoms. The van der Waals surface area contributed by atoms with E-state index in [1.807, 2.05) is 0 Å². The lowest BCUT2D eigenvalue weighted by Crippen LogP contribution is -2.48. The minimum Gasteiger partial charge on any atom is -0.481 e. The van der Waals surface area contributed by atoms with E-state index >= 15 is 0 Å². The summed E-state index contributed by atoms with van der Waals surface area (Å²) >= 11 is 0. The van der Waals surface area contributed by atoms with Gasteiger partial charge in [-0.15, -0.1) is 0 Å². The van der Waals surface area contributed by atoms with Gasteiger partial charge in [0.15, 0.2) is 5.69 Å². The Morgan fingerprint density at radius 1 is 1.10 bits per heavy atom. The molecular formula is C26H29F5N4O4. The van der Waals surface area contributed by atoms with Gasteiger partial charge in [-0.2, -0.15) is 18.3 Å². The number of rotatable bonds is 8. The molecule has 2 aromatic rings. The predicted molar refractivity (Wildman–Crippen MR) is 129 cm³/mol. The first kappa shape index (κ1) is 28.5. The number of hydrogen-bond acceptors (Lipinski definition) is 4. The van der Waals surface area contributed by atoms with Gasteiger partial charge in [0.25, 0.3) is 11.8 Å². The van der Waals surface area contributed by atoms with Gasteiger partial charge in [0.2, 0.25) is 5.91 Å². The number of likely N-dealkylation sites (tertiary alicyclic amines) is 1. The van der Waals surface area contributed by atoms with Gasteiger partial charge in [-0.05, 0) is 31.4 Å². The van der Waals surface area contributed by atoms with Crippen molar-refractivity contribution in [2.24, 2.45) is 0 Å². The van der Waals surface area contributed by atoms with Crippen LogP contribution in [-0.4, -0.2) is 62.6 Å². The number of piperidine rings is 1. The summed E-state index contributed by atoms with van der Waals surface area (Å²) < 4.78 is 70.3. The third kappa shape index (κ3) is 6.93. The first-order valence-electron chi connectivity index (χ1n) is 12.8. The molecule has 1 saturated carbocycles. The number of carboxylic acids is 1. The number of carbonyl (C=O) groups excluding carboxylic acids is 2. The van der Waals surface area contributed by atoms with E-state index in [4.69, 9.17) is 0 Å². The second-order valence-corrected chi connectivity index (χ2v) is 10.1. The molecule has 0 bridgehead atoms. The highest BCUT2D eigenvalue weighted by atomic mass is 19.4. The highest BCUT2D eigenvalue weighted by Gasteiger charge is 2.38. The molecule has 1 aromatic carbocycles. The summed E-state index contributed by atoms with van der Waals surface area (Å²) in [4.78, 5) is 38.2. The Bertz CT molecular complexity index is 1220. The Labute approximate surface area is 221 Å². The van der Waals surface area contributed by atoms with E-state index in [2.05, 4.69) is 10.4 Å². The monoisotopic (exact) mass is 556 g/mol. The van der Waals surface area contributed by atoms with Gasteiger partial charge < -0.3 is 15.3 Å². The summed E-state index contributed by atoms with van der Waals surface area (Å²) in [6.45, 7) is -0.691. The largest absolute Gasteiger partial charge is 0.481 e. The van der Waals surface area contributed by atoms with Crippen LogP contribution in [0.25, 0.3) is 11.3 Å². The molecule has 2 aliphatic rings. The van der Waals surface area contributed by atoms with Crippen molar-refractivity contribution >= 4 is 17.8 Å². The third-order valence-electron chi connectivity index (χ3n) is 7.07. The molecule has 1 atom stereocenters. The quantitative estimate of drug-likeness (QED) is 0.450. The number of benzene rings is 1. The van der Waals surface area contributed by atoms with Gasteiger partial charge in [0, 0.05) is 31.0 Å². The van der Waals surface area contributed by atoms with Crippen molar-refractivity contribution in [3.05, 3.63) is 41.6 Å². The maximum absolute atomic E-state index is 13.8. The second-order valence-electron chi connectivity index (χ2n) is 10.1. The summed E-state index contributed by atoms with van der Waals surface area (Å²) in [6, 6.07) is 4.73. The molecule has 1 unspecified atom stereocenters. The van der Waals surface area contributed by atoms with Crippen LogP contribution >= 0.6 is 0 Å². The molecule has 1 aromatic heterocycles. The number of alkyl halides is 5. The number of carbonyl (C=O) groups is 3. The average molecular weight is 557 g/mol. The van der Waals surface area contributed by atoms with Gasteiger partial charge in [0.1, 0.15) is 0 Å². The van der Waals surface area contributed by atoms with E-state index in [9.17, 15) is 41.4 Å². The molecule has 8 nitrogen and oxygen atoms in total. The Hall–Kier alpha value is -3.51. The molecule has 2 fully saturated rings. The summed E-state index contributed by atoms with van der Waals surface area (Å²) in [7, 11) is 0. The summed E-state index contributed by atoms with van der Waals surface area (Å²) in [5.41, 5.74) is -1.17. The Balaban J connectivity index is 1.60. The number of carboxylic acid groups (broad SMARTS) is 1. The minimum atomic E-state index is -4.65. The topological polar surface area (TPSA) is 105 Å². The molecule has 0 radical (unpaired) electrons. The fraction of sp³-hybridized carbons (Fsp3) is 0.538. The molecule has 1 aliphatic carbocycles. The molecule has 212 valence electrons. The number of aliphatic carboxylic acids is 1. The Kier molecular flexibility index (Phi) is 8.26. The van der Waals surface area contributed by atoms with Crippen LogP contribution in [0.2, 0.25) is 0 Å².